The smallest absolute Gasteiger partial charge is 0.203 e. The molecule has 8 heteroatoms. The van der Waals surface area contributed by atoms with Crippen LogP contribution < -0.4 is 18.9 Å². The lowest BCUT2D eigenvalue weighted by atomic mass is 9.98. The highest BCUT2D eigenvalue weighted by Gasteiger charge is 2.19. The first-order valence-corrected chi connectivity index (χ1v) is 8.70. The molecule has 0 aliphatic heterocycles. The molecule has 0 saturated carbocycles. The van der Waals surface area contributed by atoms with Crippen LogP contribution in [0.25, 0.3) is 10.8 Å². The van der Waals surface area contributed by atoms with E-state index < -0.39 is 0 Å². The van der Waals surface area contributed by atoms with Gasteiger partial charge in [-0.15, -0.1) is 12.4 Å². The van der Waals surface area contributed by atoms with Crippen LogP contribution in [0.1, 0.15) is 18.1 Å². The second-order valence-electron chi connectivity index (χ2n) is 5.87. The van der Waals surface area contributed by atoms with Crippen LogP contribution in [0, 0.1) is 0 Å². The van der Waals surface area contributed by atoms with Crippen LogP contribution in [-0.4, -0.2) is 43.8 Å². The summed E-state index contributed by atoms with van der Waals surface area (Å²) in [6.45, 7) is 2.51. The molecular formula is C21H23ClN2O5. The molecule has 0 spiro atoms. The van der Waals surface area contributed by atoms with Gasteiger partial charge in [0.05, 0.1) is 27.9 Å². The molecule has 2 aromatic carbocycles. The average molecular weight is 419 g/mol. The molecule has 1 N–H and O–H groups in total. The van der Waals surface area contributed by atoms with Crippen molar-refractivity contribution in [3.63, 3.8) is 0 Å². The van der Waals surface area contributed by atoms with Gasteiger partial charge in [-0.1, -0.05) is 5.16 Å². The molecule has 0 aliphatic carbocycles. The Bertz CT molecular complexity index is 998. The van der Waals surface area contributed by atoms with Crippen molar-refractivity contribution in [3.05, 3.63) is 53.9 Å². The third-order valence-corrected chi connectivity index (χ3v) is 4.33. The van der Waals surface area contributed by atoms with Gasteiger partial charge >= 0.3 is 0 Å². The highest BCUT2D eigenvalue weighted by molar-refractivity contribution is 6.19. The summed E-state index contributed by atoms with van der Waals surface area (Å²) in [7, 11) is 4.60. The van der Waals surface area contributed by atoms with Gasteiger partial charge in [0.25, 0.3) is 0 Å². The van der Waals surface area contributed by atoms with E-state index in [2.05, 4.69) is 10.1 Å². The predicted molar refractivity (Wildman–Crippen MR) is 114 cm³/mol. The van der Waals surface area contributed by atoms with E-state index in [4.69, 9.17) is 18.9 Å². The van der Waals surface area contributed by atoms with Gasteiger partial charge in [0, 0.05) is 28.9 Å². The molecular weight excluding hydrogens is 396 g/mol. The number of nitrogens with zero attached hydrogens (tertiary/aromatic N) is 2. The first-order valence-electron chi connectivity index (χ1n) is 8.70. The van der Waals surface area contributed by atoms with Crippen LogP contribution in [0.4, 0.5) is 0 Å². The Morgan fingerprint density at radius 1 is 1.00 bits per heavy atom. The lowest BCUT2D eigenvalue weighted by molar-refractivity contribution is 0.318. The number of fused-ring (bicyclic) bond motifs is 1. The van der Waals surface area contributed by atoms with E-state index >= 15 is 0 Å². The van der Waals surface area contributed by atoms with Crippen LogP contribution in [0.2, 0.25) is 0 Å². The number of oxime groups is 1. The highest BCUT2D eigenvalue weighted by Crippen LogP contribution is 2.39. The zero-order valence-electron chi connectivity index (χ0n) is 16.6. The first-order chi connectivity index (χ1) is 13.7. The topological polar surface area (TPSA) is 82.4 Å². The Morgan fingerprint density at radius 2 is 1.69 bits per heavy atom. The van der Waals surface area contributed by atoms with Crippen LogP contribution in [0.5, 0.6) is 23.0 Å². The molecule has 0 fully saturated rings. The highest BCUT2D eigenvalue weighted by atomic mass is 35.5. The Kier molecular flexibility index (Phi) is 7.50. The number of benzene rings is 2. The van der Waals surface area contributed by atoms with Crippen molar-refractivity contribution in [3.8, 4) is 23.0 Å². The van der Waals surface area contributed by atoms with E-state index in [1.807, 2.05) is 25.1 Å². The molecule has 0 radical (unpaired) electrons. The number of hydrogen-bond acceptors (Lipinski definition) is 7. The Morgan fingerprint density at radius 3 is 2.24 bits per heavy atom. The van der Waals surface area contributed by atoms with Gasteiger partial charge in [0.2, 0.25) is 5.75 Å². The van der Waals surface area contributed by atoms with Crippen LogP contribution in [0.3, 0.4) is 0 Å². The third-order valence-electron chi connectivity index (χ3n) is 4.33. The second kappa shape index (κ2) is 9.84. The SMILES string of the molecule is CCOc1ccc2c(C(=NO)c3cc(OC)c(OC)c(OC)c3)cncc2c1.Cl. The predicted octanol–water partition coefficient (Wildman–Crippen LogP) is 4.31. The summed E-state index contributed by atoms with van der Waals surface area (Å²) in [6.07, 6.45) is 3.40. The number of halogens is 1. The first kappa shape index (κ1) is 22.1. The lowest BCUT2D eigenvalue weighted by Crippen LogP contribution is -2.07. The maximum Gasteiger partial charge on any atom is 0.203 e. The number of rotatable bonds is 7. The molecule has 154 valence electrons. The zero-order valence-corrected chi connectivity index (χ0v) is 17.4. The van der Waals surface area contributed by atoms with Crippen molar-refractivity contribution in [2.45, 2.75) is 6.92 Å². The average Bonchev–Trinajstić information content (AvgIpc) is 2.73. The minimum absolute atomic E-state index is 0. The fraction of sp³-hybridized carbons (Fsp3) is 0.238. The molecule has 0 saturated heterocycles. The fourth-order valence-corrected chi connectivity index (χ4v) is 3.08. The van der Waals surface area contributed by atoms with Crippen LogP contribution >= 0.6 is 12.4 Å². The molecule has 29 heavy (non-hydrogen) atoms. The zero-order chi connectivity index (χ0) is 20.1. The molecule has 0 aliphatic rings. The monoisotopic (exact) mass is 418 g/mol. The van der Waals surface area contributed by atoms with Crippen molar-refractivity contribution in [1.29, 1.82) is 0 Å². The minimum Gasteiger partial charge on any atom is -0.494 e. The van der Waals surface area contributed by atoms with Gasteiger partial charge in [0.15, 0.2) is 11.5 Å². The fourth-order valence-electron chi connectivity index (χ4n) is 3.08. The summed E-state index contributed by atoms with van der Waals surface area (Å²) in [4.78, 5) is 4.29. The van der Waals surface area contributed by atoms with E-state index in [1.165, 1.54) is 21.3 Å². The van der Waals surface area contributed by atoms with Crippen molar-refractivity contribution in [1.82, 2.24) is 4.98 Å². The van der Waals surface area contributed by atoms with Gasteiger partial charge in [-0.05, 0) is 42.6 Å². The van der Waals surface area contributed by atoms with Gasteiger partial charge in [-0.2, -0.15) is 0 Å². The largest absolute Gasteiger partial charge is 0.494 e. The Balaban J connectivity index is 0.00000300. The molecule has 1 aromatic heterocycles. The van der Waals surface area contributed by atoms with E-state index in [9.17, 15) is 5.21 Å². The van der Waals surface area contributed by atoms with Crippen molar-refractivity contribution < 1.29 is 24.2 Å². The maximum absolute atomic E-state index is 9.81. The summed E-state index contributed by atoms with van der Waals surface area (Å²) in [5.41, 5.74) is 1.60. The number of hydrogen-bond donors (Lipinski definition) is 1. The molecule has 0 atom stereocenters. The van der Waals surface area contributed by atoms with Crippen molar-refractivity contribution >= 4 is 28.9 Å². The molecule has 0 amide bonds. The molecule has 3 aromatic rings. The third kappa shape index (κ3) is 4.30. The van der Waals surface area contributed by atoms with Crippen LogP contribution in [0.15, 0.2) is 47.9 Å². The standard InChI is InChI=1S/C21H22N2O5.ClH/c1-5-28-15-6-7-16-14(8-15)11-22-12-17(16)20(23-24)13-9-18(25-2)21(27-4)19(10-13)26-3;/h6-12,24H,5H2,1-4H3;1H. The van der Waals surface area contributed by atoms with Gasteiger partial charge in [-0.25, -0.2) is 0 Å². The molecule has 7 nitrogen and oxygen atoms in total. The molecule has 1 heterocycles. The van der Waals surface area contributed by atoms with Gasteiger partial charge in [-0.3, -0.25) is 4.98 Å². The van der Waals surface area contributed by atoms with Crippen LogP contribution in [-0.2, 0) is 0 Å². The maximum atomic E-state index is 9.81. The quantitative estimate of drug-likeness (QED) is 0.350. The van der Waals surface area contributed by atoms with Crippen molar-refractivity contribution in [2.75, 3.05) is 27.9 Å². The second-order valence-corrected chi connectivity index (χ2v) is 5.87. The van der Waals surface area contributed by atoms with E-state index in [0.29, 0.717) is 40.7 Å². The minimum atomic E-state index is 0. The molecule has 0 bridgehead atoms. The van der Waals surface area contributed by atoms with E-state index in [-0.39, 0.29) is 12.4 Å². The van der Waals surface area contributed by atoms with E-state index in [0.717, 1.165) is 16.5 Å². The number of methoxy groups -OCH3 is 3. The Hall–Kier alpha value is -3.19. The van der Waals surface area contributed by atoms with Crippen molar-refractivity contribution in [2.24, 2.45) is 5.16 Å². The number of aromatic nitrogens is 1. The summed E-state index contributed by atoms with van der Waals surface area (Å²) in [6, 6.07) is 9.15. The lowest BCUT2D eigenvalue weighted by Gasteiger charge is -2.15. The van der Waals surface area contributed by atoms with E-state index in [1.54, 1.807) is 24.5 Å². The molecule has 0 unspecified atom stereocenters. The number of pyridine rings is 1. The molecule has 3 rings (SSSR count). The normalized spacial score (nSPS) is 11.0. The summed E-state index contributed by atoms with van der Waals surface area (Å²) >= 11 is 0. The van der Waals surface area contributed by atoms with Gasteiger partial charge in [0.1, 0.15) is 11.5 Å². The van der Waals surface area contributed by atoms with Gasteiger partial charge < -0.3 is 24.2 Å². The Labute approximate surface area is 175 Å². The summed E-state index contributed by atoms with van der Waals surface area (Å²) < 4.78 is 21.7. The summed E-state index contributed by atoms with van der Waals surface area (Å²) in [5, 5.41) is 15.1. The summed E-state index contributed by atoms with van der Waals surface area (Å²) in [5.74, 6) is 2.14. The number of ether oxygens (including phenoxy) is 4.